The first kappa shape index (κ1) is 32.1. The smallest absolute Gasteiger partial charge is 0.368 e. The molecule has 4 rings (SSSR count). The Morgan fingerprint density at radius 1 is 0.976 bits per heavy atom. The summed E-state index contributed by atoms with van der Waals surface area (Å²) < 4.78 is 55.8. The molecule has 1 aliphatic carbocycles. The maximum Gasteiger partial charge on any atom is 0.430 e. The van der Waals surface area contributed by atoms with E-state index in [9.17, 15) is 32.1 Å². The molecule has 2 atom stereocenters. The Kier molecular flexibility index (Phi) is 9.41. The minimum atomic E-state index is -5.30. The van der Waals surface area contributed by atoms with Crippen LogP contribution in [0.3, 0.4) is 0 Å². The molecule has 1 saturated carbocycles. The molecule has 2 aliphatic rings. The fourth-order valence-electron chi connectivity index (χ4n) is 5.73. The molecule has 1 heterocycles. The molecule has 2 unspecified atom stereocenters. The third-order valence-corrected chi connectivity index (χ3v) is 10.8. The second-order valence-electron chi connectivity index (χ2n) is 11.0. The highest BCUT2D eigenvalue weighted by molar-refractivity contribution is 7.85. The number of alkyl halides is 3. The molecule has 1 spiro atoms. The van der Waals surface area contributed by atoms with E-state index in [2.05, 4.69) is 0 Å². The van der Waals surface area contributed by atoms with Crippen LogP contribution in [0.4, 0.5) is 13.2 Å². The minimum Gasteiger partial charge on any atom is -0.368 e. The molecule has 2 aromatic carbocycles. The van der Waals surface area contributed by atoms with Crippen LogP contribution in [0, 0.1) is 5.41 Å². The highest BCUT2D eigenvalue weighted by Crippen LogP contribution is 2.48. The van der Waals surface area contributed by atoms with Gasteiger partial charge in [0.05, 0.1) is 21.4 Å². The van der Waals surface area contributed by atoms with Crippen LogP contribution in [0.15, 0.2) is 41.3 Å². The lowest BCUT2D eigenvalue weighted by Gasteiger charge is -2.47. The van der Waals surface area contributed by atoms with E-state index >= 15 is 0 Å². The summed E-state index contributed by atoms with van der Waals surface area (Å²) in [6.45, 7) is 0.104. The molecule has 13 heteroatoms. The Balaban J connectivity index is 1.41. The summed E-state index contributed by atoms with van der Waals surface area (Å²) >= 11 is 18.1. The van der Waals surface area contributed by atoms with E-state index in [1.807, 2.05) is 0 Å². The number of piperidine rings is 1. The number of carbonyl (C=O) groups is 2. The van der Waals surface area contributed by atoms with E-state index in [0.717, 1.165) is 17.0 Å². The van der Waals surface area contributed by atoms with Crippen LogP contribution in [0.1, 0.15) is 54.4 Å². The van der Waals surface area contributed by atoms with Crippen molar-refractivity contribution in [3.63, 3.8) is 0 Å². The van der Waals surface area contributed by atoms with Crippen LogP contribution in [-0.2, 0) is 21.2 Å². The Morgan fingerprint density at radius 2 is 1.54 bits per heavy atom. The molecule has 0 bridgehead atoms. The highest BCUT2D eigenvalue weighted by Gasteiger charge is 2.62. The van der Waals surface area contributed by atoms with Gasteiger partial charge in [-0.15, -0.1) is 0 Å². The van der Waals surface area contributed by atoms with Gasteiger partial charge in [-0.1, -0.05) is 34.8 Å². The lowest BCUT2D eigenvalue weighted by Crippen LogP contribution is -2.58. The lowest BCUT2D eigenvalue weighted by atomic mass is 9.68. The van der Waals surface area contributed by atoms with Gasteiger partial charge in [0, 0.05) is 52.9 Å². The van der Waals surface area contributed by atoms with Crippen molar-refractivity contribution < 1.29 is 32.1 Å². The van der Waals surface area contributed by atoms with E-state index in [-0.39, 0.29) is 44.7 Å². The van der Waals surface area contributed by atoms with Crippen LogP contribution >= 0.6 is 34.8 Å². The Labute approximate surface area is 254 Å². The normalized spacial score (nSPS) is 20.0. The molecule has 2 amide bonds. The van der Waals surface area contributed by atoms with Crippen molar-refractivity contribution in [3.05, 3.63) is 62.6 Å². The van der Waals surface area contributed by atoms with Gasteiger partial charge < -0.3 is 14.9 Å². The van der Waals surface area contributed by atoms with Crippen molar-refractivity contribution in [2.45, 2.75) is 60.4 Å². The van der Waals surface area contributed by atoms with E-state index in [1.165, 1.54) is 11.0 Å². The van der Waals surface area contributed by atoms with Crippen molar-refractivity contribution in [3.8, 4) is 0 Å². The first-order chi connectivity index (χ1) is 19.1. The summed E-state index contributed by atoms with van der Waals surface area (Å²) in [4.78, 5) is 28.4. The van der Waals surface area contributed by atoms with Gasteiger partial charge in [0.15, 0.2) is 0 Å². The van der Waals surface area contributed by atoms with Crippen molar-refractivity contribution >= 4 is 57.4 Å². The van der Waals surface area contributed by atoms with E-state index < -0.39 is 34.0 Å². The first-order valence-corrected chi connectivity index (χ1v) is 15.4. The standard InChI is InChI=1S/C28H30Cl3F3N2O4S/c1-35(2)24(37)22-4-3-21(16-23(22)31)41(40)20-5-7-26(8-6-20)9-11-36(12-10-26)25(38)27(39,28(32,33)34)17-13-18(29)15-19(30)14-17/h3-4,13-16,20,39H,5-12H2,1-2H3. The van der Waals surface area contributed by atoms with Crippen molar-refractivity contribution in [2.24, 2.45) is 5.41 Å². The van der Waals surface area contributed by atoms with Gasteiger partial charge >= 0.3 is 6.18 Å². The second kappa shape index (κ2) is 12.0. The average molecular weight is 654 g/mol. The number of aliphatic hydroxyl groups is 1. The highest BCUT2D eigenvalue weighted by atomic mass is 35.5. The van der Waals surface area contributed by atoms with E-state index in [0.29, 0.717) is 49.0 Å². The number of nitrogens with zero attached hydrogens (tertiary/aromatic N) is 2. The summed E-state index contributed by atoms with van der Waals surface area (Å²) in [5, 5.41) is 10.6. The number of rotatable bonds is 5. The average Bonchev–Trinajstić information content (AvgIpc) is 2.91. The summed E-state index contributed by atoms with van der Waals surface area (Å²) in [7, 11) is 1.89. The molecule has 41 heavy (non-hydrogen) atoms. The molecule has 224 valence electrons. The van der Waals surface area contributed by atoms with Crippen molar-refractivity contribution in [1.29, 1.82) is 0 Å². The maximum atomic E-state index is 14.1. The predicted octanol–water partition coefficient (Wildman–Crippen LogP) is 6.46. The molecule has 1 N–H and O–H groups in total. The molecule has 2 aromatic rings. The Hall–Kier alpha value is -1.85. The Bertz CT molecular complexity index is 1340. The molecule has 0 radical (unpaired) electrons. The van der Waals surface area contributed by atoms with Gasteiger partial charge in [-0.05, 0) is 80.3 Å². The molecule has 0 aromatic heterocycles. The SMILES string of the molecule is CN(C)C(=O)c1ccc(S(=O)C2CCC3(CC2)CCN(C(=O)C(O)(c2cc(Cl)cc(Cl)c2)C(F)(F)F)CC3)cc1Cl. The fourth-order valence-corrected chi connectivity index (χ4v) is 8.07. The molecular formula is C28H30Cl3F3N2O4S. The third kappa shape index (κ3) is 6.42. The summed E-state index contributed by atoms with van der Waals surface area (Å²) in [6, 6.07) is 7.81. The monoisotopic (exact) mass is 652 g/mol. The minimum absolute atomic E-state index is 0.0518. The number of carbonyl (C=O) groups excluding carboxylic acids is 2. The van der Waals surface area contributed by atoms with Crippen LogP contribution in [-0.4, -0.2) is 69.5 Å². The zero-order valence-electron chi connectivity index (χ0n) is 22.4. The van der Waals surface area contributed by atoms with Crippen LogP contribution in [0.25, 0.3) is 0 Å². The predicted molar refractivity (Wildman–Crippen MR) is 153 cm³/mol. The number of hydrogen-bond donors (Lipinski definition) is 1. The third-order valence-electron chi connectivity index (χ3n) is 8.22. The second-order valence-corrected chi connectivity index (χ2v) is 14.0. The molecule has 2 fully saturated rings. The molecular weight excluding hydrogens is 624 g/mol. The summed E-state index contributed by atoms with van der Waals surface area (Å²) in [5.41, 5.74) is -4.37. The summed E-state index contributed by atoms with van der Waals surface area (Å²) in [5.74, 6) is -1.71. The van der Waals surface area contributed by atoms with E-state index in [1.54, 1.807) is 32.3 Å². The van der Waals surface area contributed by atoms with Gasteiger partial charge in [0.2, 0.25) is 0 Å². The molecule has 1 aliphatic heterocycles. The van der Waals surface area contributed by atoms with Gasteiger partial charge in [-0.3, -0.25) is 13.8 Å². The van der Waals surface area contributed by atoms with Crippen LogP contribution in [0.5, 0.6) is 0 Å². The number of hydrogen-bond acceptors (Lipinski definition) is 4. The lowest BCUT2D eigenvalue weighted by molar-refractivity contribution is -0.262. The Morgan fingerprint density at radius 3 is 2.02 bits per heavy atom. The van der Waals surface area contributed by atoms with Crippen LogP contribution < -0.4 is 0 Å². The maximum absolute atomic E-state index is 14.1. The van der Waals surface area contributed by atoms with Gasteiger partial charge in [0.1, 0.15) is 0 Å². The quantitative estimate of drug-likeness (QED) is 0.402. The van der Waals surface area contributed by atoms with Crippen molar-refractivity contribution in [1.82, 2.24) is 9.80 Å². The van der Waals surface area contributed by atoms with Crippen molar-refractivity contribution in [2.75, 3.05) is 27.2 Å². The first-order valence-electron chi connectivity index (χ1n) is 13.0. The molecule has 6 nitrogen and oxygen atoms in total. The number of benzene rings is 2. The number of halogens is 6. The number of likely N-dealkylation sites (tertiary alicyclic amines) is 1. The topological polar surface area (TPSA) is 77.9 Å². The number of amides is 2. The van der Waals surface area contributed by atoms with E-state index in [4.69, 9.17) is 34.8 Å². The largest absolute Gasteiger partial charge is 0.430 e. The zero-order chi connectivity index (χ0) is 30.3. The fraction of sp³-hybridized carbons (Fsp3) is 0.500. The zero-order valence-corrected chi connectivity index (χ0v) is 25.5. The van der Waals surface area contributed by atoms with Gasteiger partial charge in [-0.2, -0.15) is 13.2 Å². The van der Waals surface area contributed by atoms with Crippen LogP contribution in [0.2, 0.25) is 15.1 Å². The molecule has 1 saturated heterocycles. The van der Waals surface area contributed by atoms with Gasteiger partial charge in [-0.25, -0.2) is 0 Å². The summed E-state index contributed by atoms with van der Waals surface area (Å²) in [6.07, 6.45) is -1.65. The van der Waals surface area contributed by atoms with Gasteiger partial charge in [0.25, 0.3) is 17.4 Å².